The molecule has 0 unspecified atom stereocenters. The average Bonchev–Trinajstić information content (AvgIpc) is 2.95. The van der Waals surface area contributed by atoms with Crippen molar-refractivity contribution in [2.75, 3.05) is 17.7 Å². The Kier molecular flexibility index (Phi) is 5.04. The highest BCUT2D eigenvalue weighted by atomic mass is 19.1. The van der Waals surface area contributed by atoms with Crippen LogP contribution in [0.25, 0.3) is 11.1 Å². The summed E-state index contributed by atoms with van der Waals surface area (Å²) in [4.78, 5) is 22.5. The van der Waals surface area contributed by atoms with Crippen molar-refractivity contribution in [1.82, 2.24) is 19.4 Å². The number of hydrogen-bond donors (Lipinski definition) is 2. The Hall–Kier alpha value is -2.94. The minimum absolute atomic E-state index is 0.0288. The van der Waals surface area contributed by atoms with Crippen LogP contribution in [-0.2, 0) is 7.05 Å². The molecule has 0 radical (unpaired) electrons. The van der Waals surface area contributed by atoms with E-state index in [1.165, 1.54) is 4.57 Å². The molecule has 1 saturated heterocycles. The first-order chi connectivity index (χ1) is 14.5. The number of nitrogens with zero attached hydrogens (tertiary/aromatic N) is 4. The fraction of sp³-hybridized carbons (Fsp3) is 0.500. The van der Waals surface area contributed by atoms with E-state index in [-0.39, 0.29) is 28.9 Å². The monoisotopic (exact) mass is 428 g/mol. The number of oxazole rings is 1. The Labute approximate surface area is 180 Å². The second kappa shape index (κ2) is 7.33. The predicted molar refractivity (Wildman–Crippen MR) is 119 cm³/mol. The van der Waals surface area contributed by atoms with E-state index in [0.717, 1.165) is 19.0 Å². The number of hydrogen-bond acceptors (Lipinski definition) is 7. The Balaban J connectivity index is 1.56. The van der Waals surface area contributed by atoms with Crippen LogP contribution >= 0.6 is 0 Å². The molecule has 31 heavy (non-hydrogen) atoms. The highest BCUT2D eigenvalue weighted by molar-refractivity contribution is 5.78. The minimum Gasteiger partial charge on any atom is -0.408 e. The number of aromatic nitrogens is 3. The van der Waals surface area contributed by atoms with Crippen molar-refractivity contribution in [3.05, 3.63) is 40.8 Å². The molecule has 0 bridgehead atoms. The van der Waals surface area contributed by atoms with Crippen molar-refractivity contribution in [1.29, 1.82) is 0 Å². The zero-order chi connectivity index (χ0) is 22.6. The van der Waals surface area contributed by atoms with Crippen molar-refractivity contribution in [3.8, 4) is 0 Å². The lowest BCUT2D eigenvalue weighted by molar-refractivity contribution is -0.00778. The first-order valence-electron chi connectivity index (χ1n) is 10.4. The van der Waals surface area contributed by atoms with Gasteiger partial charge in [-0.15, -0.1) is 0 Å². The largest absolute Gasteiger partial charge is 0.419 e. The van der Waals surface area contributed by atoms with E-state index < -0.39 is 11.6 Å². The highest BCUT2D eigenvalue weighted by Crippen LogP contribution is 2.38. The smallest absolute Gasteiger partial charge is 0.408 e. The lowest BCUT2D eigenvalue weighted by Gasteiger charge is -2.53. The van der Waals surface area contributed by atoms with Crippen molar-refractivity contribution in [2.45, 2.75) is 57.7 Å². The van der Waals surface area contributed by atoms with Crippen LogP contribution in [0.3, 0.4) is 0 Å². The fourth-order valence-corrected chi connectivity index (χ4v) is 4.54. The highest BCUT2D eigenvalue weighted by Gasteiger charge is 2.43. The van der Waals surface area contributed by atoms with Crippen LogP contribution in [0.5, 0.6) is 0 Å². The first-order valence-corrected chi connectivity index (χ1v) is 10.4. The van der Waals surface area contributed by atoms with Gasteiger partial charge >= 0.3 is 5.76 Å². The summed E-state index contributed by atoms with van der Waals surface area (Å²) in [5.41, 5.74) is 1.72. The molecule has 2 aromatic heterocycles. The number of piperidine rings is 1. The van der Waals surface area contributed by atoms with Gasteiger partial charge in [0.15, 0.2) is 17.2 Å². The van der Waals surface area contributed by atoms with Crippen molar-refractivity contribution < 1.29 is 8.81 Å². The molecular weight excluding hydrogens is 399 g/mol. The molecule has 3 aromatic rings. The molecule has 0 spiro atoms. The Morgan fingerprint density at radius 3 is 2.52 bits per heavy atom. The van der Waals surface area contributed by atoms with E-state index in [1.54, 1.807) is 25.2 Å². The summed E-state index contributed by atoms with van der Waals surface area (Å²) >= 11 is 0. The van der Waals surface area contributed by atoms with E-state index in [9.17, 15) is 9.18 Å². The van der Waals surface area contributed by atoms with Gasteiger partial charge in [-0.3, -0.25) is 9.47 Å². The normalized spacial score (nSPS) is 18.9. The maximum absolute atomic E-state index is 14.5. The number of likely N-dealkylation sites (tertiary alicyclic amines) is 1. The van der Waals surface area contributed by atoms with Crippen LogP contribution in [0.2, 0.25) is 0 Å². The van der Waals surface area contributed by atoms with Gasteiger partial charge < -0.3 is 15.1 Å². The topological polar surface area (TPSA) is 88.2 Å². The minimum atomic E-state index is -0.496. The zero-order valence-electron chi connectivity index (χ0n) is 18.8. The molecule has 4 rings (SSSR count). The maximum Gasteiger partial charge on any atom is 0.419 e. The predicted octanol–water partition coefficient (Wildman–Crippen LogP) is 3.87. The van der Waals surface area contributed by atoms with Crippen LogP contribution in [0.4, 0.5) is 21.8 Å². The third-order valence-electron chi connectivity index (χ3n) is 6.44. The van der Waals surface area contributed by atoms with E-state index in [0.29, 0.717) is 16.8 Å². The summed E-state index contributed by atoms with van der Waals surface area (Å²) in [6.07, 6.45) is 2.88. The number of fused-ring (bicyclic) bond motifs is 1. The summed E-state index contributed by atoms with van der Waals surface area (Å²) in [5, 5.41) is 6.35. The lowest BCUT2D eigenvalue weighted by Crippen LogP contribution is -2.61. The van der Waals surface area contributed by atoms with Crippen LogP contribution in [0, 0.1) is 5.82 Å². The van der Waals surface area contributed by atoms with Gasteiger partial charge in [-0.2, -0.15) is 4.98 Å². The fourth-order valence-electron chi connectivity index (χ4n) is 4.54. The Bertz CT molecular complexity index is 1160. The molecule has 9 heteroatoms. The Morgan fingerprint density at radius 2 is 1.84 bits per heavy atom. The number of aryl methyl sites for hydroxylation is 1. The molecule has 1 fully saturated rings. The molecule has 3 heterocycles. The molecule has 1 aromatic carbocycles. The summed E-state index contributed by atoms with van der Waals surface area (Å²) in [7, 11) is 3.78. The lowest BCUT2D eigenvalue weighted by atomic mass is 9.77. The SMILES string of the molecule is CN1C(C)(C)CC(Nc2nc(Nc3ccc4c(c3)oc(=O)n4C)ncc2F)CC1(C)C. The zero-order valence-corrected chi connectivity index (χ0v) is 18.8. The summed E-state index contributed by atoms with van der Waals surface area (Å²) in [6.45, 7) is 8.79. The maximum atomic E-state index is 14.5. The molecule has 0 amide bonds. The van der Waals surface area contributed by atoms with Gasteiger partial charge in [-0.1, -0.05) is 0 Å². The van der Waals surface area contributed by atoms with Gasteiger partial charge in [0.25, 0.3) is 0 Å². The van der Waals surface area contributed by atoms with E-state index in [4.69, 9.17) is 4.42 Å². The standard InChI is InChI=1S/C22H29FN6O2/c1-21(2)10-14(11-22(3,4)29(21)6)25-18-15(23)12-24-19(27-18)26-13-7-8-16-17(9-13)31-20(30)28(16)5/h7-9,12,14H,10-11H2,1-6H3,(H2,24,25,26,27). The average molecular weight is 429 g/mol. The molecule has 1 aliphatic rings. The van der Waals surface area contributed by atoms with Crippen molar-refractivity contribution in [2.24, 2.45) is 7.05 Å². The molecule has 166 valence electrons. The van der Waals surface area contributed by atoms with Gasteiger partial charge in [0.2, 0.25) is 5.95 Å². The Morgan fingerprint density at radius 1 is 1.16 bits per heavy atom. The molecule has 0 saturated carbocycles. The number of benzene rings is 1. The van der Waals surface area contributed by atoms with E-state index in [2.05, 4.69) is 60.2 Å². The third-order valence-corrected chi connectivity index (χ3v) is 6.44. The van der Waals surface area contributed by atoms with Gasteiger partial charge in [0, 0.05) is 35.9 Å². The third kappa shape index (κ3) is 4.01. The van der Waals surface area contributed by atoms with Crippen molar-refractivity contribution in [3.63, 3.8) is 0 Å². The molecule has 0 atom stereocenters. The molecule has 0 aliphatic carbocycles. The van der Waals surface area contributed by atoms with Gasteiger partial charge in [0.1, 0.15) is 0 Å². The van der Waals surface area contributed by atoms with Gasteiger partial charge in [0.05, 0.1) is 11.7 Å². The van der Waals surface area contributed by atoms with E-state index >= 15 is 0 Å². The summed E-state index contributed by atoms with van der Waals surface area (Å²) < 4.78 is 21.2. The van der Waals surface area contributed by atoms with Gasteiger partial charge in [-0.05, 0) is 59.7 Å². The first kappa shape index (κ1) is 21.3. The second-order valence-corrected chi connectivity index (χ2v) is 9.56. The quantitative estimate of drug-likeness (QED) is 0.652. The number of nitrogens with one attached hydrogen (secondary N) is 2. The van der Waals surface area contributed by atoms with Crippen LogP contribution in [0.1, 0.15) is 40.5 Å². The van der Waals surface area contributed by atoms with Crippen LogP contribution < -0.4 is 16.4 Å². The van der Waals surface area contributed by atoms with Crippen molar-refractivity contribution >= 4 is 28.6 Å². The number of anilines is 3. The molecule has 2 N–H and O–H groups in total. The molecule has 1 aliphatic heterocycles. The van der Waals surface area contributed by atoms with Gasteiger partial charge in [-0.25, -0.2) is 14.2 Å². The van der Waals surface area contributed by atoms with Crippen LogP contribution in [0.15, 0.2) is 33.6 Å². The number of halogens is 1. The summed E-state index contributed by atoms with van der Waals surface area (Å²) in [5.74, 6) is -0.496. The summed E-state index contributed by atoms with van der Waals surface area (Å²) in [6, 6.07) is 5.33. The molecule has 8 nitrogen and oxygen atoms in total. The molecular formula is C22H29FN6O2. The van der Waals surface area contributed by atoms with E-state index in [1.807, 2.05) is 0 Å². The van der Waals surface area contributed by atoms with Crippen LogP contribution in [-0.4, -0.2) is 43.6 Å². The number of rotatable bonds is 4. The second-order valence-electron chi connectivity index (χ2n) is 9.56.